The summed E-state index contributed by atoms with van der Waals surface area (Å²) in [5.74, 6) is -1.23. The number of diazo groups is 1. The average Bonchev–Trinajstić information content (AvgIpc) is 2.71. The van der Waals surface area contributed by atoms with Crippen LogP contribution in [-0.2, 0) is 16.0 Å². The maximum Gasteiger partial charge on any atom is 0.504 e. The molecular formula is C10H12N3O3+. The van der Waals surface area contributed by atoms with E-state index < -0.39 is 11.7 Å². The van der Waals surface area contributed by atoms with Crippen molar-refractivity contribution in [1.82, 2.24) is 4.98 Å². The minimum Gasteiger partial charge on any atom is -0.505 e. The highest BCUT2D eigenvalue weighted by Gasteiger charge is 2.28. The lowest BCUT2D eigenvalue weighted by molar-refractivity contribution is -0.138. The molecule has 0 radical (unpaired) electrons. The molecular weight excluding hydrogens is 210 g/mol. The highest BCUT2D eigenvalue weighted by molar-refractivity contribution is 5.90. The third kappa shape index (κ3) is 3.13. The molecule has 0 aliphatic carbocycles. The molecule has 6 nitrogen and oxygen atoms in total. The zero-order valence-electron chi connectivity index (χ0n) is 8.80. The van der Waals surface area contributed by atoms with E-state index in [1.165, 1.54) is 6.92 Å². The molecule has 0 amide bonds. The predicted molar refractivity (Wildman–Crippen MR) is 55.9 cm³/mol. The summed E-state index contributed by atoms with van der Waals surface area (Å²) < 4.78 is 4.80. The van der Waals surface area contributed by atoms with Crippen LogP contribution in [0.15, 0.2) is 29.8 Å². The van der Waals surface area contributed by atoms with Crippen molar-refractivity contribution in [1.29, 1.82) is 5.39 Å². The summed E-state index contributed by atoms with van der Waals surface area (Å²) in [6.45, 7) is 1.38. The fraction of sp³-hybridized carbons (Fsp3) is 0.300. The molecule has 0 spiro atoms. The van der Waals surface area contributed by atoms with Crippen LogP contribution in [0.5, 0.6) is 0 Å². The Kier molecular flexibility index (Phi) is 4.09. The number of nitrogens with one attached hydrogen (secondary N) is 1. The zero-order chi connectivity index (χ0) is 12.0. The number of ether oxygens (including phenoxy) is 1. The quantitative estimate of drug-likeness (QED) is 0.351. The van der Waals surface area contributed by atoms with E-state index >= 15 is 0 Å². The van der Waals surface area contributed by atoms with E-state index in [0.29, 0.717) is 6.42 Å². The first-order valence-electron chi connectivity index (χ1n) is 4.69. The van der Waals surface area contributed by atoms with Crippen LogP contribution in [0.1, 0.15) is 12.6 Å². The average molecular weight is 222 g/mol. The van der Waals surface area contributed by atoms with E-state index in [1.54, 1.807) is 6.20 Å². The lowest BCUT2D eigenvalue weighted by Crippen LogP contribution is -2.10. The highest BCUT2D eigenvalue weighted by atomic mass is 16.5. The van der Waals surface area contributed by atoms with Gasteiger partial charge in [-0.1, -0.05) is 0 Å². The normalized spacial score (nSPS) is 11.5. The number of hydrogen-bond acceptors (Lipinski definition) is 4. The van der Waals surface area contributed by atoms with E-state index in [0.717, 1.165) is 5.69 Å². The minimum atomic E-state index is -0.853. The molecule has 84 valence electrons. The Morgan fingerprint density at radius 2 is 2.44 bits per heavy atom. The maximum atomic E-state index is 11.2. The smallest absolute Gasteiger partial charge is 0.504 e. The minimum absolute atomic E-state index is 0.144. The lowest BCUT2D eigenvalue weighted by Gasteiger charge is -1.98. The molecule has 16 heavy (non-hydrogen) atoms. The summed E-state index contributed by atoms with van der Waals surface area (Å²) in [5, 5.41) is 17.4. The number of allylic oxidation sites excluding steroid dienone is 1. The van der Waals surface area contributed by atoms with Crippen LogP contribution in [0.4, 0.5) is 0 Å². The second-order valence-corrected chi connectivity index (χ2v) is 3.12. The number of aromatic nitrogens is 1. The summed E-state index contributed by atoms with van der Waals surface area (Å²) in [4.78, 5) is 16.8. The third-order valence-electron chi connectivity index (χ3n) is 1.90. The Labute approximate surface area is 92.2 Å². The lowest BCUT2D eigenvalue weighted by atomic mass is 10.3. The monoisotopic (exact) mass is 222 g/mol. The fourth-order valence-corrected chi connectivity index (χ4v) is 1.11. The number of carbonyl (C=O) groups excluding carboxylic acids is 1. The van der Waals surface area contributed by atoms with Gasteiger partial charge in [0.05, 0.1) is 6.61 Å². The van der Waals surface area contributed by atoms with Crippen molar-refractivity contribution in [3.63, 3.8) is 0 Å². The molecule has 1 rings (SSSR count). The summed E-state index contributed by atoms with van der Waals surface area (Å²) in [6.07, 6.45) is 2.30. The van der Waals surface area contributed by atoms with Gasteiger partial charge in [0.15, 0.2) is 10.7 Å². The van der Waals surface area contributed by atoms with Gasteiger partial charge in [-0.3, -0.25) is 0 Å². The Bertz CT molecular complexity index is 425. The Balaban J connectivity index is 2.42. The molecule has 1 aromatic rings. The summed E-state index contributed by atoms with van der Waals surface area (Å²) in [7, 11) is 0. The second-order valence-electron chi connectivity index (χ2n) is 3.12. The molecule has 0 aliphatic heterocycles. The van der Waals surface area contributed by atoms with E-state index in [2.05, 4.69) is 9.96 Å². The first kappa shape index (κ1) is 11.8. The number of nitrogens with zero attached hydrogens (tertiary/aromatic N) is 2. The molecule has 0 bridgehead atoms. The largest absolute Gasteiger partial charge is 0.505 e. The fourth-order valence-electron chi connectivity index (χ4n) is 1.11. The molecule has 0 atom stereocenters. The maximum absolute atomic E-state index is 11.2. The number of carbonyl (C=O) groups is 1. The Morgan fingerprint density at radius 3 is 2.94 bits per heavy atom. The molecule has 0 unspecified atom stereocenters. The van der Waals surface area contributed by atoms with Crippen molar-refractivity contribution in [2.24, 2.45) is 0 Å². The molecule has 0 saturated carbocycles. The number of aliphatic hydroxyl groups excluding tert-OH is 1. The second kappa shape index (κ2) is 5.56. The molecule has 2 N–H and O–H groups in total. The van der Waals surface area contributed by atoms with Crippen molar-refractivity contribution in [3.8, 4) is 0 Å². The Hall–Kier alpha value is -2.29. The number of H-pyrrole nitrogens is 1. The number of hydrogen-bond donors (Lipinski definition) is 2. The predicted octanol–water partition coefficient (Wildman–Crippen LogP) is 1.74. The van der Waals surface area contributed by atoms with Gasteiger partial charge in [-0.05, 0) is 12.1 Å². The van der Waals surface area contributed by atoms with E-state index in [-0.39, 0.29) is 12.4 Å². The van der Waals surface area contributed by atoms with E-state index in [1.807, 2.05) is 12.1 Å². The topological polar surface area (TPSA) is 90.5 Å². The molecule has 0 aliphatic rings. The molecule has 0 aromatic carbocycles. The summed E-state index contributed by atoms with van der Waals surface area (Å²) in [5.41, 5.74) is 0.450. The number of esters is 1. The SMILES string of the molecule is C/C(O)=C(\[N+]#N)C(=O)OCCc1ccc[nH]1. The van der Waals surface area contributed by atoms with Crippen molar-refractivity contribution in [2.75, 3.05) is 6.61 Å². The van der Waals surface area contributed by atoms with Gasteiger partial charge < -0.3 is 14.8 Å². The zero-order valence-corrected chi connectivity index (χ0v) is 8.80. The first-order chi connectivity index (χ1) is 7.65. The van der Waals surface area contributed by atoms with Crippen LogP contribution < -0.4 is 0 Å². The summed E-state index contributed by atoms with van der Waals surface area (Å²) >= 11 is 0. The summed E-state index contributed by atoms with van der Waals surface area (Å²) in [6, 6.07) is 3.70. The van der Waals surface area contributed by atoms with Gasteiger partial charge in [0.2, 0.25) is 5.39 Å². The van der Waals surface area contributed by atoms with Crippen LogP contribution >= 0.6 is 0 Å². The van der Waals surface area contributed by atoms with Gasteiger partial charge in [0.25, 0.3) is 0 Å². The van der Waals surface area contributed by atoms with Crippen LogP contribution in [0.25, 0.3) is 4.98 Å². The molecule has 6 heteroatoms. The van der Waals surface area contributed by atoms with Gasteiger partial charge in [-0.25, -0.2) is 4.79 Å². The van der Waals surface area contributed by atoms with Gasteiger partial charge in [0.1, 0.15) is 0 Å². The highest BCUT2D eigenvalue weighted by Crippen LogP contribution is 2.06. The van der Waals surface area contributed by atoms with Gasteiger partial charge in [0, 0.05) is 25.2 Å². The van der Waals surface area contributed by atoms with Crippen LogP contribution in [-0.4, -0.2) is 22.7 Å². The third-order valence-corrected chi connectivity index (χ3v) is 1.90. The van der Waals surface area contributed by atoms with Crippen LogP contribution in [0.3, 0.4) is 0 Å². The first-order valence-corrected chi connectivity index (χ1v) is 4.69. The number of aromatic amines is 1. The number of aliphatic hydroxyl groups is 1. The molecule has 1 heterocycles. The van der Waals surface area contributed by atoms with E-state index in [9.17, 15) is 4.79 Å². The Morgan fingerprint density at radius 1 is 1.69 bits per heavy atom. The molecule has 0 fully saturated rings. The van der Waals surface area contributed by atoms with Crippen molar-refractivity contribution < 1.29 is 14.6 Å². The van der Waals surface area contributed by atoms with Crippen molar-refractivity contribution >= 4 is 5.97 Å². The van der Waals surface area contributed by atoms with Crippen LogP contribution in [0, 0.1) is 5.39 Å². The molecule has 1 aromatic heterocycles. The standard InChI is InChI=1S/C10H11N3O3/c1-7(14)9(13-11)10(15)16-6-4-8-3-2-5-12-8/h2-3,5,12H,4,6H2,1H3/p+1. The van der Waals surface area contributed by atoms with Crippen molar-refractivity contribution in [3.05, 3.63) is 40.5 Å². The van der Waals surface area contributed by atoms with Gasteiger partial charge in [-0.2, -0.15) is 0 Å². The van der Waals surface area contributed by atoms with Gasteiger partial charge in [-0.15, -0.1) is 0 Å². The van der Waals surface area contributed by atoms with E-state index in [4.69, 9.17) is 15.2 Å². The number of rotatable bonds is 4. The van der Waals surface area contributed by atoms with Gasteiger partial charge >= 0.3 is 11.7 Å². The molecule has 0 saturated heterocycles. The van der Waals surface area contributed by atoms with Crippen LogP contribution in [0.2, 0.25) is 0 Å². The van der Waals surface area contributed by atoms with Crippen molar-refractivity contribution in [2.45, 2.75) is 13.3 Å².